The number of rotatable bonds is 4. The summed E-state index contributed by atoms with van der Waals surface area (Å²) in [5.41, 5.74) is 0.899. The van der Waals surface area contributed by atoms with E-state index in [0.29, 0.717) is 22.8 Å². The molecule has 102 valence electrons. The van der Waals surface area contributed by atoms with Crippen molar-refractivity contribution in [2.45, 2.75) is 6.61 Å². The lowest BCUT2D eigenvalue weighted by Crippen LogP contribution is -2.04. The molecular weight excluding hydrogens is 262 g/mol. The number of furan rings is 1. The predicted molar refractivity (Wildman–Crippen MR) is 66.5 cm³/mol. The van der Waals surface area contributed by atoms with Gasteiger partial charge in [0.05, 0.1) is 18.0 Å². The van der Waals surface area contributed by atoms with Crippen molar-refractivity contribution in [1.82, 2.24) is 14.9 Å². The number of nitrogens with zero attached hydrogens (tertiary/aromatic N) is 3. The van der Waals surface area contributed by atoms with Gasteiger partial charge in [0.15, 0.2) is 5.76 Å². The van der Waals surface area contributed by atoms with E-state index in [1.54, 1.807) is 37.7 Å². The summed E-state index contributed by atoms with van der Waals surface area (Å²) < 4.78 is 16.9. The molecular formula is C13H11N3O4. The van der Waals surface area contributed by atoms with Crippen LogP contribution in [0, 0.1) is 0 Å². The third-order valence-corrected chi connectivity index (χ3v) is 2.61. The Labute approximate surface area is 113 Å². The van der Waals surface area contributed by atoms with E-state index in [-0.39, 0.29) is 6.61 Å². The smallest absolute Gasteiger partial charge is 0.341 e. The third-order valence-electron chi connectivity index (χ3n) is 2.61. The van der Waals surface area contributed by atoms with Crippen molar-refractivity contribution in [2.75, 3.05) is 0 Å². The highest BCUT2D eigenvalue weighted by Crippen LogP contribution is 2.20. The van der Waals surface area contributed by atoms with Gasteiger partial charge in [-0.2, -0.15) is 5.10 Å². The molecule has 0 unspecified atom stereocenters. The first-order chi connectivity index (χ1) is 9.72. The van der Waals surface area contributed by atoms with E-state index in [2.05, 4.69) is 10.3 Å². The molecule has 3 aromatic rings. The predicted octanol–water partition coefficient (Wildman–Crippen LogP) is 2.03. The van der Waals surface area contributed by atoms with Gasteiger partial charge in [0, 0.05) is 19.3 Å². The first-order valence-electron chi connectivity index (χ1n) is 5.87. The maximum atomic E-state index is 11.7. The van der Waals surface area contributed by atoms with Crippen molar-refractivity contribution in [1.29, 1.82) is 0 Å². The zero-order valence-electron chi connectivity index (χ0n) is 10.6. The average Bonchev–Trinajstić information content (AvgIpc) is 3.16. The van der Waals surface area contributed by atoms with Crippen LogP contribution in [0.15, 0.2) is 45.8 Å². The summed E-state index contributed by atoms with van der Waals surface area (Å²) in [7, 11) is 1.73. The Morgan fingerprint density at radius 3 is 3.05 bits per heavy atom. The van der Waals surface area contributed by atoms with Crippen LogP contribution in [0.2, 0.25) is 0 Å². The Morgan fingerprint density at radius 1 is 1.45 bits per heavy atom. The molecule has 0 aliphatic carbocycles. The van der Waals surface area contributed by atoms with Crippen LogP contribution in [0.25, 0.3) is 11.5 Å². The topological polar surface area (TPSA) is 83.3 Å². The Hall–Kier alpha value is -2.83. The van der Waals surface area contributed by atoms with E-state index >= 15 is 0 Å². The highest BCUT2D eigenvalue weighted by atomic mass is 16.5. The molecule has 0 radical (unpaired) electrons. The molecule has 3 aromatic heterocycles. The van der Waals surface area contributed by atoms with Gasteiger partial charge in [0.25, 0.3) is 0 Å². The summed E-state index contributed by atoms with van der Waals surface area (Å²) in [6.07, 6.45) is 4.57. The van der Waals surface area contributed by atoms with Gasteiger partial charge in [-0.05, 0) is 12.1 Å². The molecule has 0 atom stereocenters. The van der Waals surface area contributed by atoms with Gasteiger partial charge in [-0.25, -0.2) is 4.79 Å². The van der Waals surface area contributed by atoms with E-state index in [1.807, 2.05) is 0 Å². The van der Waals surface area contributed by atoms with Gasteiger partial charge in [-0.3, -0.25) is 4.68 Å². The average molecular weight is 273 g/mol. The van der Waals surface area contributed by atoms with Crippen molar-refractivity contribution >= 4 is 5.97 Å². The fourth-order valence-corrected chi connectivity index (χ4v) is 1.66. The molecule has 0 bridgehead atoms. The van der Waals surface area contributed by atoms with Gasteiger partial charge in [0.2, 0.25) is 5.76 Å². The lowest BCUT2D eigenvalue weighted by Gasteiger charge is -1.98. The van der Waals surface area contributed by atoms with Crippen LogP contribution in [0.4, 0.5) is 0 Å². The first-order valence-corrected chi connectivity index (χ1v) is 5.87. The number of hydrogen-bond donors (Lipinski definition) is 0. The molecule has 0 N–H and O–H groups in total. The molecule has 0 saturated heterocycles. The molecule has 0 aliphatic rings. The summed E-state index contributed by atoms with van der Waals surface area (Å²) in [6.45, 7) is 0.0257. The zero-order valence-corrected chi connectivity index (χ0v) is 10.6. The fraction of sp³-hybridized carbons (Fsp3) is 0.154. The molecule has 0 aliphatic heterocycles. The summed E-state index contributed by atoms with van der Waals surface area (Å²) in [4.78, 5) is 11.7. The standard InChI is InChI=1S/C13H11N3O4/c1-16-7-9(6-14-16)13(17)19-8-10-5-12(20-15-10)11-3-2-4-18-11/h2-7H,8H2,1H3. The van der Waals surface area contributed by atoms with Crippen LogP contribution in [0.5, 0.6) is 0 Å². The van der Waals surface area contributed by atoms with Crippen LogP contribution >= 0.6 is 0 Å². The van der Waals surface area contributed by atoms with Crippen molar-refractivity contribution in [3.8, 4) is 11.5 Å². The SMILES string of the molecule is Cn1cc(C(=O)OCc2cc(-c3ccco3)on2)cn1. The summed E-state index contributed by atoms with van der Waals surface area (Å²) in [5, 5.41) is 7.71. The number of esters is 1. The number of hydrogen-bond acceptors (Lipinski definition) is 6. The molecule has 3 heterocycles. The lowest BCUT2D eigenvalue weighted by atomic mass is 10.3. The minimum absolute atomic E-state index is 0.0257. The molecule has 3 rings (SSSR count). The molecule has 0 fully saturated rings. The largest absolute Gasteiger partial charge is 0.461 e. The zero-order chi connectivity index (χ0) is 13.9. The maximum absolute atomic E-state index is 11.7. The van der Waals surface area contributed by atoms with Crippen LogP contribution in [0.1, 0.15) is 16.1 Å². The fourth-order valence-electron chi connectivity index (χ4n) is 1.66. The van der Waals surface area contributed by atoms with Gasteiger partial charge < -0.3 is 13.7 Å². The Balaban J connectivity index is 1.63. The number of aromatic nitrogens is 3. The Kier molecular flexibility index (Phi) is 3.08. The molecule has 0 spiro atoms. The van der Waals surface area contributed by atoms with Gasteiger partial charge in [-0.15, -0.1) is 0 Å². The highest BCUT2D eigenvalue weighted by molar-refractivity contribution is 5.88. The Morgan fingerprint density at radius 2 is 2.35 bits per heavy atom. The normalized spacial score (nSPS) is 10.7. The molecule has 0 aromatic carbocycles. The van der Waals surface area contributed by atoms with E-state index < -0.39 is 5.97 Å². The molecule has 20 heavy (non-hydrogen) atoms. The second-order valence-corrected chi connectivity index (χ2v) is 4.14. The summed E-state index contributed by atoms with van der Waals surface area (Å²) in [5.74, 6) is 0.602. The van der Waals surface area contributed by atoms with E-state index in [1.165, 1.54) is 10.9 Å². The van der Waals surface area contributed by atoms with Gasteiger partial charge in [0.1, 0.15) is 12.3 Å². The minimum atomic E-state index is -0.458. The monoisotopic (exact) mass is 273 g/mol. The molecule has 0 saturated carbocycles. The van der Waals surface area contributed by atoms with E-state index in [4.69, 9.17) is 13.7 Å². The maximum Gasteiger partial charge on any atom is 0.341 e. The molecule has 7 nitrogen and oxygen atoms in total. The van der Waals surface area contributed by atoms with Crippen molar-refractivity contribution < 1.29 is 18.5 Å². The minimum Gasteiger partial charge on any atom is -0.461 e. The van der Waals surface area contributed by atoms with Crippen molar-refractivity contribution in [3.05, 3.63) is 48.1 Å². The number of ether oxygens (including phenoxy) is 1. The second-order valence-electron chi connectivity index (χ2n) is 4.14. The number of carbonyl (C=O) groups is 1. The number of aryl methyl sites for hydroxylation is 1. The van der Waals surface area contributed by atoms with Crippen molar-refractivity contribution in [3.63, 3.8) is 0 Å². The van der Waals surface area contributed by atoms with E-state index in [9.17, 15) is 4.79 Å². The van der Waals surface area contributed by atoms with Gasteiger partial charge in [-0.1, -0.05) is 5.16 Å². The lowest BCUT2D eigenvalue weighted by molar-refractivity contribution is 0.0464. The van der Waals surface area contributed by atoms with Crippen LogP contribution < -0.4 is 0 Å². The molecule has 7 heteroatoms. The Bertz CT molecular complexity index is 712. The summed E-state index contributed by atoms with van der Waals surface area (Å²) >= 11 is 0. The third kappa shape index (κ3) is 2.46. The first kappa shape index (κ1) is 12.2. The summed E-state index contributed by atoms with van der Waals surface area (Å²) in [6, 6.07) is 5.17. The molecule has 0 amide bonds. The van der Waals surface area contributed by atoms with Crippen LogP contribution in [-0.4, -0.2) is 20.9 Å². The van der Waals surface area contributed by atoms with Gasteiger partial charge >= 0.3 is 5.97 Å². The van der Waals surface area contributed by atoms with Crippen molar-refractivity contribution in [2.24, 2.45) is 7.05 Å². The van der Waals surface area contributed by atoms with E-state index in [0.717, 1.165) is 0 Å². The van der Waals surface area contributed by atoms with Crippen LogP contribution in [0.3, 0.4) is 0 Å². The quantitative estimate of drug-likeness (QED) is 0.676. The highest BCUT2D eigenvalue weighted by Gasteiger charge is 2.13. The van der Waals surface area contributed by atoms with Crippen LogP contribution in [-0.2, 0) is 18.4 Å². The number of carbonyl (C=O) groups excluding carboxylic acids is 1. The second kappa shape index (κ2) is 5.04.